The van der Waals surface area contributed by atoms with Gasteiger partial charge >= 0.3 is 0 Å². The van der Waals surface area contributed by atoms with Gasteiger partial charge in [0.05, 0.1) is 6.54 Å². The van der Waals surface area contributed by atoms with Gasteiger partial charge in [-0.15, -0.1) is 0 Å². The van der Waals surface area contributed by atoms with E-state index in [4.69, 9.17) is 4.99 Å². The van der Waals surface area contributed by atoms with Crippen LogP contribution in [0, 0.1) is 13.8 Å². The number of nitrogens with one attached hydrogen (secondary N) is 2. The minimum absolute atomic E-state index is 0.341. The SMILES string of the molecule is CCNC(=NCCc1cc(C)cc(C)c1)NC1CCc2ncnn2C1. The van der Waals surface area contributed by atoms with Gasteiger partial charge in [0.25, 0.3) is 0 Å². The van der Waals surface area contributed by atoms with Gasteiger partial charge in [0, 0.05) is 25.6 Å². The first-order valence-electron chi connectivity index (χ1n) is 9.12. The number of rotatable bonds is 5. The molecule has 1 atom stereocenters. The largest absolute Gasteiger partial charge is 0.357 e. The molecule has 134 valence electrons. The van der Waals surface area contributed by atoms with Crippen LogP contribution < -0.4 is 10.6 Å². The van der Waals surface area contributed by atoms with Crippen molar-refractivity contribution in [3.05, 3.63) is 47.0 Å². The highest BCUT2D eigenvalue weighted by Crippen LogP contribution is 2.12. The number of nitrogens with zero attached hydrogens (tertiary/aromatic N) is 4. The van der Waals surface area contributed by atoms with Gasteiger partial charge in [0.1, 0.15) is 12.2 Å². The third-order valence-corrected chi connectivity index (χ3v) is 4.44. The maximum Gasteiger partial charge on any atom is 0.191 e. The van der Waals surface area contributed by atoms with Gasteiger partial charge in [0.2, 0.25) is 0 Å². The number of fused-ring (bicyclic) bond motifs is 1. The van der Waals surface area contributed by atoms with E-state index in [1.165, 1.54) is 16.7 Å². The Morgan fingerprint density at radius 3 is 2.84 bits per heavy atom. The normalized spacial score (nSPS) is 17.2. The first-order valence-corrected chi connectivity index (χ1v) is 9.12. The van der Waals surface area contributed by atoms with Gasteiger partial charge in [-0.1, -0.05) is 29.3 Å². The Hall–Kier alpha value is -2.37. The second-order valence-corrected chi connectivity index (χ2v) is 6.74. The fourth-order valence-electron chi connectivity index (χ4n) is 3.38. The number of aryl methyl sites for hydroxylation is 3. The van der Waals surface area contributed by atoms with Crippen LogP contribution in [0.4, 0.5) is 0 Å². The fourth-order valence-corrected chi connectivity index (χ4v) is 3.38. The van der Waals surface area contributed by atoms with Crippen LogP contribution in [-0.2, 0) is 19.4 Å². The monoisotopic (exact) mass is 340 g/mol. The van der Waals surface area contributed by atoms with Crippen molar-refractivity contribution in [3.63, 3.8) is 0 Å². The molecular weight excluding hydrogens is 312 g/mol. The first kappa shape index (κ1) is 17.5. The van der Waals surface area contributed by atoms with Crippen LogP contribution in [0.25, 0.3) is 0 Å². The quantitative estimate of drug-likeness (QED) is 0.645. The summed E-state index contributed by atoms with van der Waals surface area (Å²) in [4.78, 5) is 9.04. The Bertz CT molecular complexity index is 713. The lowest BCUT2D eigenvalue weighted by Gasteiger charge is -2.25. The van der Waals surface area contributed by atoms with E-state index in [0.29, 0.717) is 6.04 Å². The molecule has 1 aromatic heterocycles. The van der Waals surface area contributed by atoms with Crippen LogP contribution >= 0.6 is 0 Å². The molecule has 0 spiro atoms. The van der Waals surface area contributed by atoms with Crippen molar-refractivity contribution < 1.29 is 0 Å². The van der Waals surface area contributed by atoms with E-state index in [0.717, 1.165) is 50.7 Å². The number of aromatic nitrogens is 3. The van der Waals surface area contributed by atoms with E-state index in [9.17, 15) is 0 Å². The van der Waals surface area contributed by atoms with Crippen molar-refractivity contribution in [1.29, 1.82) is 0 Å². The van der Waals surface area contributed by atoms with Crippen LogP contribution in [0.2, 0.25) is 0 Å². The van der Waals surface area contributed by atoms with Crippen LogP contribution in [0.15, 0.2) is 29.5 Å². The van der Waals surface area contributed by atoms with Crippen molar-refractivity contribution in [2.24, 2.45) is 4.99 Å². The Kier molecular flexibility index (Phi) is 5.68. The smallest absolute Gasteiger partial charge is 0.191 e. The van der Waals surface area contributed by atoms with E-state index in [-0.39, 0.29) is 0 Å². The van der Waals surface area contributed by atoms with Gasteiger partial charge in [-0.25, -0.2) is 9.67 Å². The molecule has 0 amide bonds. The van der Waals surface area contributed by atoms with Crippen LogP contribution in [0.3, 0.4) is 0 Å². The summed E-state index contributed by atoms with van der Waals surface area (Å²) in [7, 11) is 0. The minimum Gasteiger partial charge on any atom is -0.357 e. The molecule has 2 aromatic rings. The molecule has 1 unspecified atom stereocenters. The molecule has 0 radical (unpaired) electrons. The van der Waals surface area contributed by atoms with Gasteiger partial charge in [-0.3, -0.25) is 4.99 Å². The summed E-state index contributed by atoms with van der Waals surface area (Å²) in [5.74, 6) is 1.97. The summed E-state index contributed by atoms with van der Waals surface area (Å²) < 4.78 is 1.99. The summed E-state index contributed by atoms with van der Waals surface area (Å²) in [6.07, 6.45) is 4.61. The molecule has 6 nitrogen and oxygen atoms in total. The van der Waals surface area contributed by atoms with Crippen LogP contribution in [-0.4, -0.2) is 39.9 Å². The molecular formula is C19H28N6. The summed E-state index contributed by atoms with van der Waals surface area (Å²) in [5.41, 5.74) is 3.98. The maximum atomic E-state index is 4.75. The average Bonchev–Trinajstić information content (AvgIpc) is 3.02. The third-order valence-electron chi connectivity index (χ3n) is 4.44. The highest BCUT2D eigenvalue weighted by molar-refractivity contribution is 5.80. The van der Waals surface area contributed by atoms with Crippen LogP contribution in [0.1, 0.15) is 35.9 Å². The number of benzene rings is 1. The molecule has 0 saturated carbocycles. The van der Waals surface area contributed by atoms with Crippen molar-refractivity contribution in [3.8, 4) is 0 Å². The highest BCUT2D eigenvalue weighted by atomic mass is 15.4. The number of hydrogen-bond acceptors (Lipinski definition) is 3. The molecule has 0 aliphatic carbocycles. The molecule has 1 aliphatic heterocycles. The zero-order valence-corrected chi connectivity index (χ0v) is 15.4. The Labute approximate surface area is 149 Å². The van der Waals surface area contributed by atoms with E-state index >= 15 is 0 Å². The summed E-state index contributed by atoms with van der Waals surface area (Å²) in [6.45, 7) is 8.87. The maximum absolute atomic E-state index is 4.75. The zero-order valence-electron chi connectivity index (χ0n) is 15.4. The Morgan fingerprint density at radius 1 is 1.28 bits per heavy atom. The van der Waals surface area contributed by atoms with E-state index in [2.05, 4.69) is 59.7 Å². The highest BCUT2D eigenvalue weighted by Gasteiger charge is 2.20. The zero-order chi connectivity index (χ0) is 17.6. The Morgan fingerprint density at radius 2 is 2.08 bits per heavy atom. The minimum atomic E-state index is 0.341. The molecule has 0 bridgehead atoms. The second kappa shape index (κ2) is 8.14. The van der Waals surface area contributed by atoms with Gasteiger partial charge in [-0.05, 0) is 39.2 Å². The second-order valence-electron chi connectivity index (χ2n) is 6.74. The molecule has 3 rings (SSSR count). The molecule has 1 aromatic carbocycles. The van der Waals surface area contributed by atoms with Crippen LogP contribution in [0.5, 0.6) is 0 Å². The molecule has 1 aliphatic rings. The van der Waals surface area contributed by atoms with Gasteiger partial charge < -0.3 is 10.6 Å². The van der Waals surface area contributed by atoms with Crippen molar-refractivity contribution in [2.45, 2.75) is 52.6 Å². The summed E-state index contributed by atoms with van der Waals surface area (Å²) in [6, 6.07) is 7.04. The first-order chi connectivity index (χ1) is 12.1. The molecule has 0 fully saturated rings. The molecule has 6 heteroatoms. The third kappa shape index (κ3) is 4.81. The standard InChI is InChI=1S/C19H28N6/c1-4-20-19(21-8-7-16-10-14(2)9-15(3)11-16)24-17-5-6-18-22-13-23-25(18)12-17/h9-11,13,17H,4-8,12H2,1-3H3,(H2,20,21,24). The van der Waals surface area contributed by atoms with Crippen molar-refractivity contribution in [2.75, 3.05) is 13.1 Å². The predicted octanol–water partition coefficient (Wildman–Crippen LogP) is 2.01. The van der Waals surface area contributed by atoms with Crippen molar-refractivity contribution in [1.82, 2.24) is 25.4 Å². The number of hydrogen-bond donors (Lipinski definition) is 2. The molecule has 25 heavy (non-hydrogen) atoms. The van der Waals surface area contributed by atoms with E-state index in [1.54, 1.807) is 6.33 Å². The van der Waals surface area contributed by atoms with Gasteiger partial charge in [-0.2, -0.15) is 5.10 Å². The number of guanidine groups is 1. The molecule has 2 N–H and O–H groups in total. The predicted molar refractivity (Wildman–Crippen MR) is 101 cm³/mol. The lowest BCUT2D eigenvalue weighted by molar-refractivity contribution is 0.393. The Balaban J connectivity index is 1.57. The van der Waals surface area contributed by atoms with E-state index in [1.807, 2.05) is 4.68 Å². The lowest BCUT2D eigenvalue weighted by atomic mass is 10.1. The molecule has 0 saturated heterocycles. The topological polar surface area (TPSA) is 67.1 Å². The fraction of sp³-hybridized carbons (Fsp3) is 0.526. The number of aliphatic imine (C=N–C) groups is 1. The van der Waals surface area contributed by atoms with Gasteiger partial charge in [0.15, 0.2) is 5.96 Å². The summed E-state index contributed by atoms with van der Waals surface area (Å²) >= 11 is 0. The summed E-state index contributed by atoms with van der Waals surface area (Å²) in [5, 5.41) is 11.2. The van der Waals surface area contributed by atoms with Crippen molar-refractivity contribution >= 4 is 5.96 Å². The van der Waals surface area contributed by atoms with E-state index < -0.39 is 0 Å². The average molecular weight is 340 g/mol. The molecule has 2 heterocycles. The lowest BCUT2D eigenvalue weighted by Crippen LogP contribution is -2.47.